The van der Waals surface area contributed by atoms with E-state index in [0.29, 0.717) is 6.42 Å². The number of carbonyl (C=O) groups is 2. The number of hydrogen-bond acceptors (Lipinski definition) is 8. The zero-order valence-electron chi connectivity index (χ0n) is 47.7. The van der Waals surface area contributed by atoms with Crippen LogP contribution in [0.4, 0.5) is 0 Å². The van der Waals surface area contributed by atoms with Crippen molar-refractivity contribution in [2.24, 2.45) is 5.73 Å². The van der Waals surface area contributed by atoms with Crippen molar-refractivity contribution in [2.75, 3.05) is 26.4 Å². The Morgan fingerprint density at radius 1 is 0.417 bits per heavy atom. The minimum atomic E-state index is -4.39. The average Bonchev–Trinajstić information content (AvgIpc) is 3.37. The predicted octanol–water partition coefficient (Wildman–Crippen LogP) is 19.8. The topological polar surface area (TPSA) is 134 Å². The monoisotopic (exact) mass is 1040 g/mol. The van der Waals surface area contributed by atoms with E-state index < -0.39 is 26.5 Å². The number of phosphoric acid groups is 1. The van der Waals surface area contributed by atoms with Crippen LogP contribution in [0.5, 0.6) is 0 Å². The molecule has 72 heavy (non-hydrogen) atoms. The van der Waals surface area contributed by atoms with Gasteiger partial charge in [-0.3, -0.25) is 18.6 Å². The molecule has 9 nitrogen and oxygen atoms in total. The van der Waals surface area contributed by atoms with Crippen molar-refractivity contribution in [3.8, 4) is 0 Å². The number of allylic oxidation sites excluding steroid dienone is 4. The quantitative estimate of drug-likeness (QED) is 0.0264. The van der Waals surface area contributed by atoms with Crippen LogP contribution in [-0.2, 0) is 32.7 Å². The molecule has 0 rings (SSSR count). The molecule has 0 bridgehead atoms. The summed E-state index contributed by atoms with van der Waals surface area (Å²) in [6, 6.07) is 0. The fourth-order valence-corrected chi connectivity index (χ4v) is 10.2. The van der Waals surface area contributed by atoms with Crippen LogP contribution < -0.4 is 5.73 Å². The van der Waals surface area contributed by atoms with Crippen LogP contribution >= 0.6 is 7.82 Å². The van der Waals surface area contributed by atoms with Crippen LogP contribution in [0.25, 0.3) is 0 Å². The highest BCUT2D eigenvalue weighted by molar-refractivity contribution is 7.47. The number of carbonyl (C=O) groups excluding carboxylic acids is 2. The van der Waals surface area contributed by atoms with E-state index in [9.17, 15) is 19.0 Å². The van der Waals surface area contributed by atoms with Gasteiger partial charge in [0.05, 0.1) is 13.2 Å². The molecular weight excluding hydrogens is 918 g/mol. The largest absolute Gasteiger partial charge is 0.472 e. The summed E-state index contributed by atoms with van der Waals surface area (Å²) in [6.07, 6.45) is 69.6. The summed E-state index contributed by atoms with van der Waals surface area (Å²) in [5.74, 6) is -0.811. The van der Waals surface area contributed by atoms with Crippen LogP contribution in [0.2, 0.25) is 0 Å². The van der Waals surface area contributed by atoms with Crippen molar-refractivity contribution in [2.45, 2.75) is 335 Å². The molecule has 0 aliphatic rings. The van der Waals surface area contributed by atoms with Crippen LogP contribution in [-0.4, -0.2) is 49.3 Å². The van der Waals surface area contributed by atoms with Gasteiger partial charge in [-0.25, -0.2) is 4.57 Å². The molecule has 0 aromatic heterocycles. The maximum atomic E-state index is 12.7. The molecule has 0 spiro atoms. The third-order valence-corrected chi connectivity index (χ3v) is 15.1. The van der Waals surface area contributed by atoms with E-state index in [-0.39, 0.29) is 38.6 Å². The van der Waals surface area contributed by atoms with E-state index in [1.165, 1.54) is 250 Å². The van der Waals surface area contributed by atoms with Crippen molar-refractivity contribution in [3.63, 3.8) is 0 Å². The second-order valence-corrected chi connectivity index (χ2v) is 22.7. The maximum absolute atomic E-state index is 12.7. The van der Waals surface area contributed by atoms with E-state index in [0.717, 1.165) is 44.9 Å². The van der Waals surface area contributed by atoms with Gasteiger partial charge in [-0.1, -0.05) is 295 Å². The van der Waals surface area contributed by atoms with Gasteiger partial charge in [0.25, 0.3) is 0 Å². The second-order valence-electron chi connectivity index (χ2n) is 21.3. The standard InChI is InChI=1S/C62H120NO8P/c1-3-5-7-9-11-13-15-17-19-21-23-25-27-28-29-30-31-33-34-36-38-40-42-44-46-48-50-52-54-61(64)68-58-60(59-70-72(66,67)69-57-56-63)71-62(65)55-53-51-49-47-45-43-41-39-37-35-32-26-24-22-20-18-16-14-12-10-8-6-4-2/h16,18,22,24,60H,3-15,17,19-21,23,25-59,63H2,1-2H3,(H,66,67)/b18-16-,24-22-. The molecule has 0 fully saturated rings. The van der Waals surface area contributed by atoms with Gasteiger partial charge < -0.3 is 20.1 Å². The number of esters is 2. The Bertz CT molecular complexity index is 1230. The van der Waals surface area contributed by atoms with Crippen molar-refractivity contribution in [1.82, 2.24) is 0 Å². The Hall–Kier alpha value is -1.51. The molecule has 426 valence electrons. The first kappa shape index (κ1) is 70.5. The van der Waals surface area contributed by atoms with Crippen LogP contribution in [0.1, 0.15) is 328 Å². The average molecular weight is 1040 g/mol. The molecule has 0 radical (unpaired) electrons. The Morgan fingerprint density at radius 3 is 1.06 bits per heavy atom. The molecule has 3 N–H and O–H groups in total. The van der Waals surface area contributed by atoms with Crippen LogP contribution in [0.3, 0.4) is 0 Å². The van der Waals surface area contributed by atoms with E-state index >= 15 is 0 Å². The zero-order chi connectivity index (χ0) is 52.4. The molecule has 0 aromatic carbocycles. The second kappa shape index (κ2) is 58.7. The molecule has 2 unspecified atom stereocenters. The van der Waals surface area contributed by atoms with Crippen LogP contribution in [0.15, 0.2) is 24.3 Å². The summed E-state index contributed by atoms with van der Waals surface area (Å²) < 4.78 is 33.1. The Labute approximate surface area is 446 Å². The lowest BCUT2D eigenvalue weighted by Gasteiger charge is -2.19. The molecular formula is C62H120NO8P. The van der Waals surface area contributed by atoms with E-state index in [2.05, 4.69) is 38.2 Å². The first-order valence-electron chi connectivity index (χ1n) is 31.3. The molecule has 0 heterocycles. The summed E-state index contributed by atoms with van der Waals surface area (Å²) >= 11 is 0. The lowest BCUT2D eigenvalue weighted by molar-refractivity contribution is -0.161. The van der Waals surface area contributed by atoms with Crippen molar-refractivity contribution < 1.29 is 37.6 Å². The summed E-state index contributed by atoms with van der Waals surface area (Å²) in [5.41, 5.74) is 5.39. The molecule has 0 saturated heterocycles. The number of unbranched alkanes of at least 4 members (excludes halogenated alkanes) is 43. The van der Waals surface area contributed by atoms with Gasteiger partial charge in [0.2, 0.25) is 0 Å². The smallest absolute Gasteiger partial charge is 0.462 e. The van der Waals surface area contributed by atoms with Gasteiger partial charge in [0, 0.05) is 19.4 Å². The lowest BCUT2D eigenvalue weighted by Crippen LogP contribution is -2.29. The molecule has 0 aromatic rings. The van der Waals surface area contributed by atoms with Crippen molar-refractivity contribution >= 4 is 19.8 Å². The minimum absolute atomic E-state index is 0.0555. The number of ether oxygens (including phenoxy) is 2. The molecule has 0 aliphatic heterocycles. The first-order valence-corrected chi connectivity index (χ1v) is 32.8. The van der Waals surface area contributed by atoms with E-state index in [4.69, 9.17) is 24.3 Å². The maximum Gasteiger partial charge on any atom is 0.472 e. The summed E-state index contributed by atoms with van der Waals surface area (Å²) in [6.45, 7) is 3.80. The Kier molecular flexibility index (Phi) is 57.5. The first-order chi connectivity index (χ1) is 35.3. The van der Waals surface area contributed by atoms with Gasteiger partial charge in [-0.05, 0) is 44.9 Å². The summed E-state index contributed by atoms with van der Waals surface area (Å²) in [4.78, 5) is 35.2. The molecule has 2 atom stereocenters. The van der Waals surface area contributed by atoms with Gasteiger partial charge in [-0.2, -0.15) is 0 Å². The fourth-order valence-electron chi connectivity index (χ4n) is 9.44. The Balaban J connectivity index is 3.88. The van der Waals surface area contributed by atoms with Gasteiger partial charge in [0.15, 0.2) is 6.10 Å². The van der Waals surface area contributed by atoms with E-state index in [1.54, 1.807) is 0 Å². The normalized spacial score (nSPS) is 13.1. The van der Waals surface area contributed by atoms with Crippen molar-refractivity contribution in [3.05, 3.63) is 24.3 Å². The lowest BCUT2D eigenvalue weighted by atomic mass is 10.0. The Morgan fingerprint density at radius 2 is 0.722 bits per heavy atom. The molecule has 0 saturated carbocycles. The highest BCUT2D eigenvalue weighted by Gasteiger charge is 2.26. The summed E-state index contributed by atoms with van der Waals surface area (Å²) in [7, 11) is -4.39. The fraction of sp³-hybridized carbons (Fsp3) is 0.903. The molecule has 10 heteroatoms. The van der Waals surface area contributed by atoms with Crippen molar-refractivity contribution in [1.29, 1.82) is 0 Å². The van der Waals surface area contributed by atoms with Crippen LogP contribution in [0, 0.1) is 0 Å². The third-order valence-electron chi connectivity index (χ3n) is 14.1. The number of rotatable bonds is 60. The van der Waals surface area contributed by atoms with Gasteiger partial charge >= 0.3 is 19.8 Å². The molecule has 0 aliphatic carbocycles. The number of hydrogen-bond donors (Lipinski definition) is 2. The highest BCUT2D eigenvalue weighted by Crippen LogP contribution is 2.43. The number of phosphoric ester groups is 1. The van der Waals surface area contributed by atoms with Gasteiger partial charge in [-0.15, -0.1) is 0 Å². The zero-order valence-corrected chi connectivity index (χ0v) is 48.6. The highest BCUT2D eigenvalue weighted by atomic mass is 31.2. The minimum Gasteiger partial charge on any atom is -0.462 e. The SMILES string of the molecule is CCCCCCC/C=C\C/C=C\CCCCCCCCCCCCCC(=O)OC(COC(=O)CCCCCCCCCCCCCCCCCCCCCCCCCCCCCC)COP(=O)(O)OCCN. The van der Waals surface area contributed by atoms with E-state index in [1.807, 2.05) is 0 Å². The third kappa shape index (κ3) is 57.8. The number of nitrogens with two attached hydrogens (primary N) is 1. The predicted molar refractivity (Wildman–Crippen MR) is 307 cm³/mol. The molecule has 0 amide bonds. The summed E-state index contributed by atoms with van der Waals surface area (Å²) in [5, 5.41) is 0. The van der Waals surface area contributed by atoms with Gasteiger partial charge in [0.1, 0.15) is 6.61 Å².